The Hall–Kier alpha value is -1.68. The summed E-state index contributed by atoms with van der Waals surface area (Å²) in [7, 11) is 0. The van der Waals surface area contributed by atoms with Crippen molar-refractivity contribution in [3.05, 3.63) is 47.8 Å². The first-order chi connectivity index (χ1) is 8.67. The van der Waals surface area contributed by atoms with Crippen LogP contribution in [0.15, 0.2) is 41.4 Å². The Kier molecular flexibility index (Phi) is 3.77. The van der Waals surface area contributed by atoms with E-state index in [2.05, 4.69) is 6.07 Å². The highest BCUT2D eigenvalue weighted by Crippen LogP contribution is 2.22. The molecule has 2 aromatic rings. The number of hydrogen-bond donors (Lipinski definition) is 1. The van der Waals surface area contributed by atoms with Gasteiger partial charge in [0.2, 0.25) is 0 Å². The molecule has 0 saturated carbocycles. The second kappa shape index (κ2) is 5.31. The fraction of sp³-hybridized carbons (Fsp3) is 0.214. The highest BCUT2D eigenvalue weighted by Gasteiger charge is 2.14. The molecule has 4 heteroatoms. The zero-order valence-corrected chi connectivity index (χ0v) is 11.2. The van der Waals surface area contributed by atoms with Crippen LogP contribution < -0.4 is 0 Å². The van der Waals surface area contributed by atoms with Gasteiger partial charge in [-0.2, -0.15) is 0 Å². The molecule has 18 heavy (non-hydrogen) atoms. The molecule has 0 atom stereocenters. The summed E-state index contributed by atoms with van der Waals surface area (Å²) in [6.07, 6.45) is 4.54. The number of aromatic nitrogens is 1. The van der Waals surface area contributed by atoms with Crippen molar-refractivity contribution in [3.63, 3.8) is 0 Å². The normalized spacial score (nSPS) is 10.6. The Labute approximate surface area is 110 Å². The van der Waals surface area contributed by atoms with Crippen molar-refractivity contribution in [1.82, 2.24) is 4.57 Å². The summed E-state index contributed by atoms with van der Waals surface area (Å²) in [6.45, 7) is 1.97. The van der Waals surface area contributed by atoms with E-state index in [4.69, 9.17) is 5.11 Å². The van der Waals surface area contributed by atoms with Gasteiger partial charge in [-0.1, -0.05) is 13.0 Å². The number of carboxylic acids is 1. The summed E-state index contributed by atoms with van der Waals surface area (Å²) in [4.78, 5) is 12.3. The van der Waals surface area contributed by atoms with Gasteiger partial charge >= 0.3 is 5.97 Å². The molecule has 0 saturated heterocycles. The molecule has 1 heterocycles. The smallest absolute Gasteiger partial charge is 0.337 e. The average Bonchev–Trinajstić information content (AvgIpc) is 2.82. The zero-order chi connectivity index (χ0) is 13.1. The lowest BCUT2D eigenvalue weighted by molar-refractivity contribution is 0.0696. The maximum absolute atomic E-state index is 11.1. The zero-order valence-electron chi connectivity index (χ0n) is 10.4. The molecule has 0 radical (unpaired) electrons. The van der Waals surface area contributed by atoms with Gasteiger partial charge in [0, 0.05) is 22.5 Å². The van der Waals surface area contributed by atoms with Crippen molar-refractivity contribution in [3.8, 4) is 5.69 Å². The highest BCUT2D eigenvalue weighted by molar-refractivity contribution is 7.98. The molecule has 2 rings (SSSR count). The summed E-state index contributed by atoms with van der Waals surface area (Å²) in [5, 5.41) is 9.14. The van der Waals surface area contributed by atoms with E-state index in [-0.39, 0.29) is 0 Å². The van der Waals surface area contributed by atoms with E-state index >= 15 is 0 Å². The Morgan fingerprint density at radius 1 is 1.39 bits per heavy atom. The van der Waals surface area contributed by atoms with Gasteiger partial charge in [-0.3, -0.25) is 0 Å². The van der Waals surface area contributed by atoms with Crippen molar-refractivity contribution >= 4 is 17.7 Å². The van der Waals surface area contributed by atoms with Gasteiger partial charge in [-0.25, -0.2) is 4.79 Å². The van der Waals surface area contributed by atoms with Crippen LogP contribution in [0.3, 0.4) is 0 Å². The summed E-state index contributed by atoms with van der Waals surface area (Å²) < 4.78 is 1.95. The molecule has 1 N–H and O–H groups in total. The number of benzene rings is 1. The van der Waals surface area contributed by atoms with Gasteiger partial charge in [0.15, 0.2) is 0 Å². The molecule has 0 bridgehead atoms. The standard InChI is InChI=1S/C14H15NO2S/c1-3-13-12(14(16)17)7-8-15(13)10-5-4-6-11(9-10)18-2/h4-9H,3H2,1-2H3,(H,16,17). The van der Waals surface area contributed by atoms with Gasteiger partial charge in [-0.05, 0) is 36.9 Å². The average molecular weight is 261 g/mol. The molecule has 0 aliphatic rings. The number of carbonyl (C=O) groups is 1. The van der Waals surface area contributed by atoms with Crippen LogP contribution in [-0.4, -0.2) is 21.9 Å². The molecule has 94 valence electrons. The monoisotopic (exact) mass is 261 g/mol. The minimum Gasteiger partial charge on any atom is -0.478 e. The van der Waals surface area contributed by atoms with Crippen molar-refractivity contribution < 1.29 is 9.90 Å². The van der Waals surface area contributed by atoms with Gasteiger partial charge in [0.25, 0.3) is 0 Å². The predicted octanol–water partition coefficient (Wildman–Crippen LogP) is 3.46. The summed E-state index contributed by atoms with van der Waals surface area (Å²) >= 11 is 1.67. The fourth-order valence-electron chi connectivity index (χ4n) is 2.02. The number of nitrogens with zero attached hydrogens (tertiary/aromatic N) is 1. The molecule has 0 amide bonds. The summed E-state index contributed by atoms with van der Waals surface area (Å²) in [6, 6.07) is 9.75. The third kappa shape index (κ3) is 2.29. The topological polar surface area (TPSA) is 42.2 Å². The van der Waals surface area contributed by atoms with E-state index in [1.54, 1.807) is 17.8 Å². The van der Waals surface area contributed by atoms with Crippen LogP contribution in [0.2, 0.25) is 0 Å². The third-order valence-corrected chi connectivity index (χ3v) is 3.61. The van der Waals surface area contributed by atoms with E-state index < -0.39 is 5.97 Å². The minimum atomic E-state index is -0.869. The van der Waals surface area contributed by atoms with Crippen molar-refractivity contribution in [2.75, 3.05) is 6.26 Å². The quantitative estimate of drug-likeness (QED) is 0.857. The second-order valence-corrected chi connectivity index (χ2v) is 4.79. The second-order valence-electron chi connectivity index (χ2n) is 3.91. The van der Waals surface area contributed by atoms with Gasteiger partial charge < -0.3 is 9.67 Å². The van der Waals surface area contributed by atoms with Crippen LogP contribution in [0, 0.1) is 0 Å². The van der Waals surface area contributed by atoms with Crippen LogP contribution >= 0.6 is 11.8 Å². The highest BCUT2D eigenvalue weighted by atomic mass is 32.2. The first kappa shape index (κ1) is 12.8. The van der Waals surface area contributed by atoms with E-state index in [0.29, 0.717) is 12.0 Å². The predicted molar refractivity (Wildman–Crippen MR) is 73.9 cm³/mol. The summed E-state index contributed by atoms with van der Waals surface area (Å²) in [5.74, 6) is -0.869. The number of hydrogen-bond acceptors (Lipinski definition) is 2. The van der Waals surface area contributed by atoms with Crippen LogP contribution in [0.1, 0.15) is 23.0 Å². The minimum absolute atomic E-state index is 0.382. The molecule has 0 aliphatic heterocycles. The largest absolute Gasteiger partial charge is 0.478 e. The Morgan fingerprint density at radius 3 is 2.78 bits per heavy atom. The molecule has 1 aromatic heterocycles. The maximum Gasteiger partial charge on any atom is 0.337 e. The molecule has 0 spiro atoms. The molecular formula is C14H15NO2S. The van der Waals surface area contributed by atoms with Crippen molar-refractivity contribution in [2.24, 2.45) is 0 Å². The van der Waals surface area contributed by atoms with E-state index in [1.165, 1.54) is 4.90 Å². The van der Waals surface area contributed by atoms with E-state index in [1.807, 2.05) is 42.1 Å². The first-order valence-corrected chi connectivity index (χ1v) is 6.97. The number of thioether (sulfide) groups is 1. The molecule has 0 fully saturated rings. The van der Waals surface area contributed by atoms with Crippen LogP contribution in [0.5, 0.6) is 0 Å². The summed E-state index contributed by atoms with van der Waals surface area (Å²) in [5.41, 5.74) is 2.22. The SMILES string of the molecule is CCc1c(C(=O)O)ccn1-c1cccc(SC)c1. The van der Waals surface area contributed by atoms with Crippen LogP contribution in [0.4, 0.5) is 0 Å². The lowest BCUT2D eigenvalue weighted by Crippen LogP contribution is -2.04. The third-order valence-electron chi connectivity index (χ3n) is 2.89. The van der Waals surface area contributed by atoms with Crippen LogP contribution in [0.25, 0.3) is 5.69 Å². The van der Waals surface area contributed by atoms with E-state index in [0.717, 1.165) is 11.4 Å². The van der Waals surface area contributed by atoms with Gasteiger partial charge in [0.1, 0.15) is 0 Å². The maximum atomic E-state index is 11.1. The number of carboxylic acid groups (broad SMARTS) is 1. The fourth-order valence-corrected chi connectivity index (χ4v) is 2.48. The molecule has 1 aromatic carbocycles. The molecule has 3 nitrogen and oxygen atoms in total. The lowest BCUT2D eigenvalue weighted by Gasteiger charge is -2.09. The van der Waals surface area contributed by atoms with E-state index in [9.17, 15) is 4.79 Å². The molecular weight excluding hydrogens is 246 g/mol. The van der Waals surface area contributed by atoms with Gasteiger partial charge in [-0.15, -0.1) is 11.8 Å². The molecule has 0 aliphatic carbocycles. The number of aromatic carboxylic acids is 1. The lowest BCUT2D eigenvalue weighted by atomic mass is 10.2. The van der Waals surface area contributed by atoms with Crippen LogP contribution in [-0.2, 0) is 6.42 Å². The Bertz CT molecular complexity index is 575. The number of rotatable bonds is 4. The van der Waals surface area contributed by atoms with Crippen molar-refractivity contribution in [2.45, 2.75) is 18.2 Å². The Balaban J connectivity index is 2.53. The van der Waals surface area contributed by atoms with Crippen molar-refractivity contribution in [1.29, 1.82) is 0 Å². The van der Waals surface area contributed by atoms with Gasteiger partial charge in [0.05, 0.1) is 5.56 Å². The molecule has 0 unspecified atom stereocenters. The first-order valence-electron chi connectivity index (χ1n) is 5.75. The Morgan fingerprint density at radius 2 is 2.17 bits per heavy atom.